The van der Waals surface area contributed by atoms with E-state index in [1.54, 1.807) is 18.2 Å². The van der Waals surface area contributed by atoms with E-state index >= 15 is 0 Å². The Balaban J connectivity index is 2.44. The molecule has 2 N–H and O–H groups in total. The first kappa shape index (κ1) is 18.6. The molecule has 134 valence electrons. The first-order valence-corrected chi connectivity index (χ1v) is 7.43. The van der Waals surface area contributed by atoms with E-state index in [0.29, 0.717) is 22.6 Å². The molecule has 0 spiro atoms. The highest BCUT2D eigenvalue weighted by molar-refractivity contribution is 5.75. The van der Waals surface area contributed by atoms with E-state index in [9.17, 15) is 18.0 Å². The standard InChI is InChI=1S/C18H18F3NO3/c1-24-15-8-5-12(9-16(15)25-2)14(10-17(22)23)11-3-6-13(7-4-11)18(19,20)21/h3-9,14H,10H2,1-2H3,(H2,22,23). The average Bonchev–Trinajstić information content (AvgIpc) is 2.58. The van der Waals surface area contributed by atoms with E-state index in [1.807, 2.05) is 0 Å². The van der Waals surface area contributed by atoms with Crippen LogP contribution in [0.25, 0.3) is 0 Å². The summed E-state index contributed by atoms with van der Waals surface area (Å²) in [7, 11) is 2.97. The fraction of sp³-hybridized carbons (Fsp3) is 0.278. The molecule has 2 rings (SSSR count). The summed E-state index contributed by atoms with van der Waals surface area (Å²) in [6, 6.07) is 9.78. The van der Waals surface area contributed by atoms with Crippen LogP contribution in [-0.2, 0) is 11.0 Å². The maximum Gasteiger partial charge on any atom is 0.416 e. The van der Waals surface area contributed by atoms with E-state index in [1.165, 1.54) is 26.4 Å². The van der Waals surface area contributed by atoms with Crippen LogP contribution in [0.4, 0.5) is 13.2 Å². The third-order valence-electron chi connectivity index (χ3n) is 3.86. The van der Waals surface area contributed by atoms with Crippen molar-refractivity contribution < 1.29 is 27.4 Å². The molecule has 0 aliphatic rings. The lowest BCUT2D eigenvalue weighted by Crippen LogP contribution is -2.16. The average molecular weight is 353 g/mol. The lowest BCUT2D eigenvalue weighted by atomic mass is 9.87. The first-order chi connectivity index (χ1) is 11.8. The number of rotatable bonds is 6. The normalized spacial score (nSPS) is 12.5. The van der Waals surface area contributed by atoms with Gasteiger partial charge in [-0.15, -0.1) is 0 Å². The maximum absolute atomic E-state index is 12.7. The van der Waals surface area contributed by atoms with Crippen LogP contribution in [0.5, 0.6) is 11.5 Å². The first-order valence-electron chi connectivity index (χ1n) is 7.43. The molecule has 1 amide bonds. The van der Waals surface area contributed by atoms with E-state index < -0.39 is 23.6 Å². The third-order valence-corrected chi connectivity index (χ3v) is 3.86. The summed E-state index contributed by atoms with van der Waals surface area (Å²) in [6.45, 7) is 0. The molecule has 4 nitrogen and oxygen atoms in total. The summed E-state index contributed by atoms with van der Waals surface area (Å²) in [4.78, 5) is 11.4. The summed E-state index contributed by atoms with van der Waals surface area (Å²) < 4.78 is 48.6. The lowest BCUT2D eigenvalue weighted by Gasteiger charge is -2.19. The van der Waals surface area contributed by atoms with Crippen molar-refractivity contribution >= 4 is 5.91 Å². The molecule has 0 heterocycles. The highest BCUT2D eigenvalue weighted by Crippen LogP contribution is 2.36. The van der Waals surface area contributed by atoms with Gasteiger partial charge in [0.05, 0.1) is 19.8 Å². The fourth-order valence-electron chi connectivity index (χ4n) is 2.60. The highest BCUT2D eigenvalue weighted by Gasteiger charge is 2.30. The number of benzene rings is 2. The molecule has 0 radical (unpaired) electrons. The number of halogens is 3. The van der Waals surface area contributed by atoms with Crippen LogP contribution in [0.2, 0.25) is 0 Å². The Hall–Kier alpha value is -2.70. The van der Waals surface area contributed by atoms with Crippen molar-refractivity contribution in [1.29, 1.82) is 0 Å². The SMILES string of the molecule is COc1ccc(C(CC(N)=O)c2ccc(C(F)(F)F)cc2)cc1OC. The number of nitrogens with two attached hydrogens (primary N) is 1. The van der Waals surface area contributed by atoms with E-state index in [0.717, 1.165) is 12.1 Å². The Bertz CT molecular complexity index is 742. The van der Waals surface area contributed by atoms with Gasteiger partial charge in [-0.3, -0.25) is 4.79 Å². The molecule has 0 aromatic heterocycles. The van der Waals surface area contributed by atoms with Gasteiger partial charge in [-0.1, -0.05) is 18.2 Å². The molecule has 2 aromatic rings. The number of hydrogen-bond acceptors (Lipinski definition) is 3. The topological polar surface area (TPSA) is 61.5 Å². The van der Waals surface area contributed by atoms with Gasteiger partial charge in [0.25, 0.3) is 0 Å². The van der Waals surface area contributed by atoms with Gasteiger partial charge in [-0.2, -0.15) is 13.2 Å². The third kappa shape index (κ3) is 4.43. The monoisotopic (exact) mass is 353 g/mol. The maximum atomic E-state index is 12.7. The number of alkyl halides is 3. The van der Waals surface area contributed by atoms with E-state index in [2.05, 4.69) is 0 Å². The zero-order chi connectivity index (χ0) is 18.6. The Labute approximate surface area is 143 Å². The van der Waals surface area contributed by atoms with Crippen LogP contribution in [0.1, 0.15) is 29.0 Å². The van der Waals surface area contributed by atoms with Crippen molar-refractivity contribution in [2.24, 2.45) is 5.73 Å². The Morgan fingerprint density at radius 1 is 1.00 bits per heavy atom. The quantitative estimate of drug-likeness (QED) is 0.861. The fourth-order valence-corrected chi connectivity index (χ4v) is 2.60. The van der Waals surface area contributed by atoms with E-state index in [4.69, 9.17) is 15.2 Å². The lowest BCUT2D eigenvalue weighted by molar-refractivity contribution is -0.137. The molecule has 7 heteroatoms. The molecule has 0 bridgehead atoms. The van der Waals surface area contributed by atoms with Crippen molar-refractivity contribution in [2.75, 3.05) is 14.2 Å². The summed E-state index contributed by atoms with van der Waals surface area (Å²) in [5.74, 6) is -0.0721. The minimum atomic E-state index is -4.42. The van der Waals surface area contributed by atoms with Crippen LogP contribution >= 0.6 is 0 Å². The van der Waals surface area contributed by atoms with Crippen molar-refractivity contribution in [3.8, 4) is 11.5 Å². The zero-order valence-corrected chi connectivity index (χ0v) is 13.8. The van der Waals surface area contributed by atoms with E-state index in [-0.39, 0.29) is 6.42 Å². The molecule has 1 unspecified atom stereocenters. The van der Waals surface area contributed by atoms with Crippen molar-refractivity contribution in [2.45, 2.75) is 18.5 Å². The molecule has 0 aliphatic carbocycles. The second-order valence-corrected chi connectivity index (χ2v) is 5.46. The Morgan fingerprint density at radius 3 is 2.04 bits per heavy atom. The summed E-state index contributed by atoms with van der Waals surface area (Å²) in [5.41, 5.74) is 5.82. The van der Waals surface area contributed by atoms with Crippen LogP contribution in [0, 0.1) is 0 Å². The molecule has 2 aromatic carbocycles. The van der Waals surface area contributed by atoms with Crippen LogP contribution in [0.15, 0.2) is 42.5 Å². The van der Waals surface area contributed by atoms with Gasteiger partial charge < -0.3 is 15.2 Å². The molecular formula is C18H18F3NO3. The molecule has 0 fully saturated rings. The van der Waals surface area contributed by atoms with Crippen molar-refractivity contribution in [1.82, 2.24) is 0 Å². The Kier molecular flexibility index (Phi) is 5.56. The van der Waals surface area contributed by atoms with Crippen LogP contribution in [0.3, 0.4) is 0 Å². The summed E-state index contributed by atoms with van der Waals surface area (Å²) >= 11 is 0. The number of hydrogen-bond donors (Lipinski definition) is 1. The number of amides is 1. The zero-order valence-electron chi connectivity index (χ0n) is 13.8. The van der Waals surface area contributed by atoms with Gasteiger partial charge in [0.15, 0.2) is 11.5 Å². The van der Waals surface area contributed by atoms with Crippen LogP contribution in [-0.4, -0.2) is 20.1 Å². The second-order valence-electron chi connectivity index (χ2n) is 5.46. The van der Waals surface area contributed by atoms with Gasteiger partial charge in [0.1, 0.15) is 0 Å². The number of primary amides is 1. The second kappa shape index (κ2) is 7.46. The van der Waals surface area contributed by atoms with Gasteiger partial charge in [0.2, 0.25) is 5.91 Å². The molecule has 1 atom stereocenters. The minimum Gasteiger partial charge on any atom is -0.493 e. The van der Waals surface area contributed by atoms with Gasteiger partial charge >= 0.3 is 6.18 Å². The van der Waals surface area contributed by atoms with Gasteiger partial charge in [-0.25, -0.2) is 0 Å². The van der Waals surface area contributed by atoms with Crippen LogP contribution < -0.4 is 15.2 Å². The number of ether oxygens (including phenoxy) is 2. The summed E-state index contributed by atoms with van der Waals surface area (Å²) in [6.07, 6.45) is -4.46. The predicted molar refractivity (Wildman–Crippen MR) is 86.6 cm³/mol. The number of carbonyl (C=O) groups excluding carboxylic acids is 1. The predicted octanol–water partition coefficient (Wildman–Crippen LogP) is 3.73. The van der Waals surface area contributed by atoms with Gasteiger partial charge in [0, 0.05) is 12.3 Å². The number of carbonyl (C=O) groups is 1. The number of methoxy groups -OCH3 is 2. The Morgan fingerprint density at radius 2 is 1.56 bits per heavy atom. The molecule has 0 saturated carbocycles. The summed E-state index contributed by atoms with van der Waals surface area (Å²) in [5, 5.41) is 0. The minimum absolute atomic E-state index is 0.0408. The van der Waals surface area contributed by atoms with Crippen molar-refractivity contribution in [3.63, 3.8) is 0 Å². The smallest absolute Gasteiger partial charge is 0.416 e. The molecule has 25 heavy (non-hydrogen) atoms. The molecule has 0 aliphatic heterocycles. The highest BCUT2D eigenvalue weighted by atomic mass is 19.4. The van der Waals surface area contributed by atoms with Gasteiger partial charge in [-0.05, 0) is 35.4 Å². The largest absolute Gasteiger partial charge is 0.493 e. The molecular weight excluding hydrogens is 335 g/mol. The molecule has 0 saturated heterocycles. The van der Waals surface area contributed by atoms with Crippen molar-refractivity contribution in [3.05, 3.63) is 59.2 Å².